The maximum Gasteiger partial charge on any atom is 0.516 e. The van der Waals surface area contributed by atoms with Crippen molar-refractivity contribution in [2.75, 3.05) is 0 Å². The van der Waals surface area contributed by atoms with E-state index in [0.29, 0.717) is 0 Å². The van der Waals surface area contributed by atoms with Crippen LogP contribution < -0.4 is 4.74 Å². The van der Waals surface area contributed by atoms with Crippen LogP contribution in [0.15, 0.2) is 24.3 Å². The molecule has 0 aliphatic rings. The lowest BCUT2D eigenvalue weighted by atomic mass is 10.3. The topological polar surface area (TPSA) is 105 Å². The summed E-state index contributed by atoms with van der Waals surface area (Å²) in [6, 6.07) is 4.85. The lowest BCUT2D eigenvalue weighted by Crippen LogP contribution is -2.22. The predicted octanol–water partition coefficient (Wildman–Crippen LogP) is 4.07. The molecule has 0 aromatic heterocycles. The van der Waals surface area contributed by atoms with Gasteiger partial charge in [0.25, 0.3) is 5.69 Å². The van der Waals surface area contributed by atoms with Gasteiger partial charge in [0.2, 0.25) is 6.29 Å². The maximum absolute atomic E-state index is 11.3. The third kappa shape index (κ3) is 10.7. The van der Waals surface area contributed by atoms with Crippen LogP contribution >= 0.6 is 0 Å². The quantitative estimate of drug-likeness (QED) is 0.269. The fourth-order valence-electron chi connectivity index (χ4n) is 1.15. The van der Waals surface area contributed by atoms with Crippen LogP contribution in [0.2, 0.25) is 0 Å². The van der Waals surface area contributed by atoms with Crippen LogP contribution in [0.4, 0.5) is 10.5 Å². The number of nitro groups is 1. The molecule has 0 saturated heterocycles. The van der Waals surface area contributed by atoms with E-state index < -0.39 is 23.3 Å². The molecule has 0 fully saturated rings. The fraction of sp³-hybridized carbons (Fsp3) is 0.467. The summed E-state index contributed by atoms with van der Waals surface area (Å²) in [6.07, 6.45) is -2.16. The summed E-state index contributed by atoms with van der Waals surface area (Å²) >= 11 is 0. The summed E-state index contributed by atoms with van der Waals surface area (Å²) in [5.74, 6) is -0.527. The summed E-state index contributed by atoms with van der Waals surface area (Å²) in [4.78, 5) is 31.7. The van der Waals surface area contributed by atoms with E-state index in [-0.39, 0.29) is 11.4 Å². The number of benzene rings is 1. The summed E-state index contributed by atoms with van der Waals surface area (Å²) in [5.41, 5.74) is -0.131. The van der Waals surface area contributed by atoms with Crippen molar-refractivity contribution in [3.05, 3.63) is 34.4 Å². The zero-order valence-corrected chi connectivity index (χ0v) is 14.2. The van der Waals surface area contributed by atoms with Crippen molar-refractivity contribution >= 4 is 17.8 Å². The van der Waals surface area contributed by atoms with E-state index in [1.807, 2.05) is 27.7 Å². The molecule has 0 saturated carbocycles. The van der Waals surface area contributed by atoms with Gasteiger partial charge in [0.15, 0.2) is 0 Å². The lowest BCUT2D eigenvalue weighted by Gasteiger charge is -2.12. The normalized spacial score (nSPS) is 9.83. The maximum atomic E-state index is 11.3. The highest BCUT2D eigenvalue weighted by Gasteiger charge is 2.14. The second-order valence-corrected chi connectivity index (χ2v) is 3.40. The number of carbonyl (C=O) groups excluding carboxylic acids is 2. The summed E-state index contributed by atoms with van der Waals surface area (Å²) in [6.45, 7) is 10.5. The van der Waals surface area contributed by atoms with Crippen molar-refractivity contribution in [1.29, 1.82) is 0 Å². The van der Waals surface area contributed by atoms with Crippen LogP contribution in [0.1, 0.15) is 41.5 Å². The van der Waals surface area contributed by atoms with Gasteiger partial charge in [-0.2, -0.15) is 0 Å². The predicted molar refractivity (Wildman–Crippen MR) is 84.1 cm³/mol. The van der Waals surface area contributed by atoms with E-state index >= 15 is 0 Å². The van der Waals surface area contributed by atoms with Crippen LogP contribution in [0.5, 0.6) is 5.75 Å². The molecular formula is C15H23NO7. The first-order valence-corrected chi connectivity index (χ1v) is 7.18. The van der Waals surface area contributed by atoms with Gasteiger partial charge in [0.1, 0.15) is 5.75 Å². The number of non-ortho nitro benzene ring substituents is 1. The smallest absolute Gasteiger partial charge is 0.426 e. The van der Waals surface area contributed by atoms with Crippen LogP contribution in [0, 0.1) is 10.1 Å². The number of nitrogens with zero attached hydrogens (tertiary/aromatic N) is 1. The summed E-state index contributed by atoms with van der Waals surface area (Å²) < 4.78 is 13.9. The van der Waals surface area contributed by atoms with Gasteiger partial charge >= 0.3 is 12.1 Å². The highest BCUT2D eigenvalue weighted by Crippen LogP contribution is 2.17. The lowest BCUT2D eigenvalue weighted by molar-refractivity contribution is -0.384. The average molecular weight is 329 g/mol. The molecule has 0 spiro atoms. The molecule has 130 valence electrons. The van der Waals surface area contributed by atoms with Crippen LogP contribution in [-0.4, -0.2) is 23.3 Å². The van der Waals surface area contributed by atoms with Crippen molar-refractivity contribution in [2.45, 2.75) is 47.8 Å². The Labute approximate surface area is 135 Å². The SMILES string of the molecule is CC.CC.CC(=O)OC(C)OC(=O)Oc1ccc([N+](=O)[O-])cc1. The Kier molecular flexibility index (Phi) is 12.8. The van der Waals surface area contributed by atoms with Crippen LogP contribution in [0.3, 0.4) is 0 Å². The van der Waals surface area contributed by atoms with E-state index in [0.717, 1.165) is 0 Å². The first-order chi connectivity index (χ1) is 10.9. The molecule has 8 heteroatoms. The van der Waals surface area contributed by atoms with Crippen molar-refractivity contribution in [3.8, 4) is 5.75 Å². The molecule has 0 bridgehead atoms. The van der Waals surface area contributed by atoms with E-state index in [1.54, 1.807) is 0 Å². The van der Waals surface area contributed by atoms with Gasteiger partial charge in [-0.1, -0.05) is 27.7 Å². The molecule has 0 radical (unpaired) electrons. The molecule has 1 aromatic rings. The van der Waals surface area contributed by atoms with Gasteiger partial charge in [-0.15, -0.1) is 0 Å². The minimum absolute atomic E-state index is 0.0747. The zero-order chi connectivity index (χ0) is 18.4. The molecular weight excluding hydrogens is 306 g/mol. The first-order valence-electron chi connectivity index (χ1n) is 7.18. The standard InChI is InChI=1S/C11H11NO7.2C2H6/c1-7(13)17-8(2)18-11(14)19-10-5-3-9(4-6-10)12(15)16;2*1-2/h3-6,8H,1-2H3;2*1-2H3. The molecule has 0 N–H and O–H groups in total. The molecule has 0 aliphatic carbocycles. The number of rotatable bonds is 4. The van der Waals surface area contributed by atoms with Gasteiger partial charge in [0, 0.05) is 26.0 Å². The number of ether oxygens (including phenoxy) is 3. The van der Waals surface area contributed by atoms with E-state index in [9.17, 15) is 19.7 Å². The molecule has 1 rings (SSSR count). The third-order valence-electron chi connectivity index (χ3n) is 1.84. The summed E-state index contributed by atoms with van der Waals surface area (Å²) in [7, 11) is 0. The monoisotopic (exact) mass is 329 g/mol. The molecule has 0 aliphatic heterocycles. The highest BCUT2D eigenvalue weighted by atomic mass is 16.8. The zero-order valence-electron chi connectivity index (χ0n) is 14.2. The van der Waals surface area contributed by atoms with E-state index in [2.05, 4.69) is 9.47 Å². The largest absolute Gasteiger partial charge is 0.516 e. The Hall–Kier alpha value is -2.64. The number of carbonyl (C=O) groups is 2. The van der Waals surface area contributed by atoms with Gasteiger partial charge in [-0.05, 0) is 12.1 Å². The van der Waals surface area contributed by atoms with Crippen molar-refractivity contribution in [1.82, 2.24) is 0 Å². The highest BCUT2D eigenvalue weighted by molar-refractivity contribution is 5.67. The molecule has 1 atom stereocenters. The Morgan fingerprint density at radius 1 is 1.04 bits per heavy atom. The first kappa shape index (κ1) is 22.6. The Morgan fingerprint density at radius 3 is 1.91 bits per heavy atom. The van der Waals surface area contributed by atoms with Crippen molar-refractivity contribution < 1.29 is 28.7 Å². The van der Waals surface area contributed by atoms with Crippen LogP contribution in [0.25, 0.3) is 0 Å². The molecule has 1 aromatic carbocycles. The molecule has 23 heavy (non-hydrogen) atoms. The van der Waals surface area contributed by atoms with Gasteiger partial charge in [0.05, 0.1) is 4.92 Å². The third-order valence-corrected chi connectivity index (χ3v) is 1.84. The molecule has 1 unspecified atom stereocenters. The second-order valence-electron chi connectivity index (χ2n) is 3.40. The second kappa shape index (κ2) is 13.1. The Bertz CT molecular complexity index is 485. The Morgan fingerprint density at radius 2 is 1.52 bits per heavy atom. The van der Waals surface area contributed by atoms with Crippen LogP contribution in [-0.2, 0) is 14.3 Å². The molecule has 8 nitrogen and oxygen atoms in total. The van der Waals surface area contributed by atoms with Crippen molar-refractivity contribution in [2.24, 2.45) is 0 Å². The summed E-state index contributed by atoms with van der Waals surface area (Å²) in [5, 5.41) is 10.4. The molecule has 0 heterocycles. The Balaban J connectivity index is 0. The molecule has 0 amide bonds. The fourth-order valence-corrected chi connectivity index (χ4v) is 1.15. The van der Waals surface area contributed by atoms with Crippen molar-refractivity contribution in [3.63, 3.8) is 0 Å². The van der Waals surface area contributed by atoms with Gasteiger partial charge < -0.3 is 14.2 Å². The van der Waals surface area contributed by atoms with Gasteiger partial charge in [-0.25, -0.2) is 4.79 Å². The number of nitro benzene ring substituents is 1. The van der Waals surface area contributed by atoms with E-state index in [4.69, 9.17) is 4.74 Å². The average Bonchev–Trinajstić information content (AvgIpc) is 2.50. The number of hydrogen-bond acceptors (Lipinski definition) is 7. The number of hydrogen-bond donors (Lipinski definition) is 0. The van der Waals surface area contributed by atoms with Gasteiger partial charge in [-0.3, -0.25) is 14.9 Å². The van der Waals surface area contributed by atoms with E-state index in [1.165, 1.54) is 38.1 Å². The minimum Gasteiger partial charge on any atom is -0.426 e. The minimum atomic E-state index is -1.08. The number of esters is 1.